The van der Waals surface area contributed by atoms with Gasteiger partial charge < -0.3 is 14.5 Å². The van der Waals surface area contributed by atoms with Crippen LogP contribution >= 0.6 is 0 Å². The van der Waals surface area contributed by atoms with Crippen molar-refractivity contribution in [2.45, 2.75) is 52.1 Å². The summed E-state index contributed by atoms with van der Waals surface area (Å²) in [7, 11) is 1.57. The number of hydrogen-bond donors (Lipinski definition) is 0. The van der Waals surface area contributed by atoms with Crippen molar-refractivity contribution in [1.82, 2.24) is 9.13 Å². The zero-order valence-corrected chi connectivity index (χ0v) is 22.9. The van der Waals surface area contributed by atoms with Gasteiger partial charge in [-0.3, -0.25) is 14.2 Å². The quantitative estimate of drug-likeness (QED) is 0.145. The van der Waals surface area contributed by atoms with Gasteiger partial charge in [0.05, 0.1) is 13.7 Å². The van der Waals surface area contributed by atoms with E-state index in [4.69, 9.17) is 4.74 Å². The van der Waals surface area contributed by atoms with Gasteiger partial charge in [-0.05, 0) is 65.8 Å². The molecule has 2 heterocycles. The number of hydrogen-bond acceptors (Lipinski definition) is 4. The summed E-state index contributed by atoms with van der Waals surface area (Å²) < 4.78 is 22.3. The number of ether oxygens (including phenoxy) is 1. The number of rotatable bonds is 9. The molecule has 1 atom stereocenters. The maximum atomic E-state index is 13.8. The molecule has 2 aliphatic rings. The minimum atomic E-state index is -0.628. The van der Waals surface area contributed by atoms with Gasteiger partial charge in [-0.25, -0.2) is 4.39 Å². The van der Waals surface area contributed by atoms with E-state index in [2.05, 4.69) is 13.8 Å². The van der Waals surface area contributed by atoms with Gasteiger partial charge in [0, 0.05) is 18.7 Å². The van der Waals surface area contributed by atoms with Gasteiger partial charge in [-0.1, -0.05) is 50.6 Å². The van der Waals surface area contributed by atoms with Crippen molar-refractivity contribution in [3.8, 4) is 17.1 Å². The van der Waals surface area contributed by atoms with Crippen molar-refractivity contribution in [2.24, 2.45) is 0 Å². The van der Waals surface area contributed by atoms with Crippen molar-refractivity contribution in [3.63, 3.8) is 0 Å². The Morgan fingerprint density at radius 3 is 2.33 bits per heavy atom. The van der Waals surface area contributed by atoms with Crippen molar-refractivity contribution in [1.29, 1.82) is 0 Å². The number of fused-ring (bicyclic) bond motifs is 2. The van der Waals surface area contributed by atoms with Crippen LogP contribution in [0.25, 0.3) is 22.4 Å². The van der Waals surface area contributed by atoms with Gasteiger partial charge in [-0.2, -0.15) is 4.73 Å². The molecule has 0 bridgehead atoms. The lowest BCUT2D eigenvalue weighted by Crippen LogP contribution is -2.45. The molecule has 0 radical (unpaired) electrons. The van der Waals surface area contributed by atoms with E-state index in [0.29, 0.717) is 40.2 Å². The van der Waals surface area contributed by atoms with Crippen LogP contribution < -0.4 is 20.6 Å². The minimum Gasteiger partial charge on any atom is -0.618 e. The van der Waals surface area contributed by atoms with Crippen LogP contribution in [0.5, 0.6) is 5.75 Å². The van der Waals surface area contributed by atoms with E-state index >= 15 is 0 Å². The summed E-state index contributed by atoms with van der Waals surface area (Å²) in [5.41, 5.74) is 2.91. The Balaban J connectivity index is 1.65. The van der Waals surface area contributed by atoms with Gasteiger partial charge in [0.15, 0.2) is 0 Å². The fourth-order valence-corrected chi connectivity index (χ4v) is 5.24. The molecule has 0 amide bonds. The third-order valence-corrected chi connectivity index (χ3v) is 7.52. The zero-order valence-electron chi connectivity index (χ0n) is 22.9. The van der Waals surface area contributed by atoms with Crippen LogP contribution in [0.15, 0.2) is 82.4 Å². The predicted molar refractivity (Wildman–Crippen MR) is 154 cm³/mol. The van der Waals surface area contributed by atoms with Gasteiger partial charge in [-0.15, -0.1) is 0 Å². The number of halogens is 1. The molecule has 0 spiro atoms. The maximum Gasteiger partial charge on any atom is 0.329 e. The predicted octanol–water partition coefficient (Wildman–Crippen LogP) is 5.24. The van der Waals surface area contributed by atoms with Gasteiger partial charge >= 0.3 is 11.3 Å². The van der Waals surface area contributed by atoms with E-state index in [1.165, 1.54) is 18.2 Å². The van der Waals surface area contributed by atoms with Crippen LogP contribution in [0.2, 0.25) is 0 Å². The van der Waals surface area contributed by atoms with E-state index in [0.717, 1.165) is 34.1 Å². The second kappa shape index (κ2) is 11.3. The molecule has 0 saturated carbocycles. The Labute approximate surface area is 231 Å². The highest BCUT2D eigenvalue weighted by molar-refractivity contribution is 5.77. The van der Waals surface area contributed by atoms with E-state index in [1.807, 2.05) is 22.8 Å². The smallest absolute Gasteiger partial charge is 0.329 e. The molecule has 8 heteroatoms. The van der Waals surface area contributed by atoms with E-state index in [1.54, 1.807) is 43.5 Å². The zero-order chi connectivity index (χ0) is 28.4. The number of nitrogens with zero attached hydrogens (tertiary/aromatic N) is 3. The molecule has 7 nitrogen and oxygen atoms in total. The second-order valence-electron chi connectivity index (χ2n) is 10.2. The normalized spacial score (nSPS) is 12.2. The van der Waals surface area contributed by atoms with Crippen LogP contribution in [0.3, 0.4) is 0 Å². The van der Waals surface area contributed by atoms with E-state index in [-0.39, 0.29) is 24.0 Å². The first-order chi connectivity index (χ1) is 19.3. The first-order valence-corrected chi connectivity index (χ1v) is 13.5. The second-order valence-corrected chi connectivity index (χ2v) is 10.2. The summed E-state index contributed by atoms with van der Waals surface area (Å²) in [6.45, 7) is 4.61. The summed E-state index contributed by atoms with van der Waals surface area (Å²) in [6, 6.07) is 20.6. The van der Waals surface area contributed by atoms with Crippen LogP contribution in [0, 0.1) is 11.0 Å². The van der Waals surface area contributed by atoms with Gasteiger partial charge in [0.1, 0.15) is 22.8 Å². The first kappa shape index (κ1) is 27.1. The molecule has 0 aliphatic carbocycles. The lowest BCUT2D eigenvalue weighted by atomic mass is 9.97. The van der Waals surface area contributed by atoms with Gasteiger partial charge in [0.25, 0.3) is 5.56 Å². The topological polar surface area (TPSA) is 80.2 Å². The molecule has 5 rings (SSSR count). The first-order valence-electron chi connectivity index (χ1n) is 13.5. The van der Waals surface area contributed by atoms with Crippen LogP contribution in [0.1, 0.15) is 49.3 Å². The van der Waals surface area contributed by atoms with Crippen LogP contribution in [-0.2, 0) is 19.5 Å². The maximum absolute atomic E-state index is 13.8. The molecular formula is C32H32FN3O4. The Kier molecular flexibility index (Phi) is 7.69. The molecule has 40 heavy (non-hydrogen) atoms. The third-order valence-electron chi connectivity index (χ3n) is 7.52. The Morgan fingerprint density at radius 2 is 1.65 bits per heavy atom. The van der Waals surface area contributed by atoms with E-state index in [9.17, 15) is 19.2 Å². The summed E-state index contributed by atoms with van der Waals surface area (Å²) in [5, 5.41) is 13.7. The number of benzene rings is 3. The molecule has 1 unspecified atom stereocenters. The van der Waals surface area contributed by atoms with Crippen molar-refractivity contribution < 1.29 is 13.9 Å². The van der Waals surface area contributed by atoms with Crippen LogP contribution in [0.4, 0.5) is 4.39 Å². The highest BCUT2D eigenvalue weighted by atomic mass is 19.1. The Hall–Kier alpha value is -4.46. The monoisotopic (exact) mass is 541 g/mol. The number of methoxy groups -OCH3 is 1. The highest BCUT2D eigenvalue weighted by Crippen LogP contribution is 2.26. The molecule has 206 valence electrons. The minimum absolute atomic E-state index is 0.0348. The molecule has 0 fully saturated rings. The average Bonchev–Trinajstić information content (AvgIpc) is 2.96. The molecule has 0 N–H and O–H groups in total. The summed E-state index contributed by atoms with van der Waals surface area (Å²) in [5.74, 6) is 0.459. The molecule has 2 aliphatic heterocycles. The SMILES string of the molecule is CCCc1ccc2c(c1)[n+]([O-])c1c(=O)n(Cc3ccc(OC)cc3)c(=O)cc-1n2CCC(C)c1ccc(F)cc1. The fraction of sp³-hybridized carbons (Fsp3) is 0.281. The van der Waals surface area contributed by atoms with Crippen molar-refractivity contribution in [3.05, 3.63) is 121 Å². The molecule has 3 aromatic rings. The van der Waals surface area contributed by atoms with E-state index < -0.39 is 11.1 Å². The lowest BCUT2D eigenvalue weighted by Gasteiger charge is -2.21. The molecular weight excluding hydrogens is 509 g/mol. The Bertz CT molecular complexity index is 1740. The molecule has 0 aromatic heterocycles. The summed E-state index contributed by atoms with van der Waals surface area (Å²) >= 11 is 0. The van der Waals surface area contributed by atoms with Crippen molar-refractivity contribution >= 4 is 11.0 Å². The average molecular weight is 542 g/mol. The largest absolute Gasteiger partial charge is 0.618 e. The highest BCUT2D eigenvalue weighted by Gasteiger charge is 2.28. The third kappa shape index (κ3) is 5.21. The number of aryl methyl sites for hydroxylation is 2. The summed E-state index contributed by atoms with van der Waals surface area (Å²) in [6.07, 6.45) is 2.38. The van der Waals surface area contributed by atoms with Crippen LogP contribution in [-0.4, -0.2) is 16.2 Å². The summed E-state index contributed by atoms with van der Waals surface area (Å²) in [4.78, 5) is 27.1. The number of aromatic nitrogens is 3. The van der Waals surface area contributed by atoms with Gasteiger partial charge in [0.2, 0.25) is 5.52 Å². The number of pyridine rings is 1. The standard InChI is InChI=1S/C32H32FN3O4/c1-4-5-22-8-15-27-28(18-22)36(39)31-29(34(27)17-16-21(2)24-9-11-25(33)12-10-24)19-30(37)35(32(31)38)20-23-6-13-26(40-3)14-7-23/h6-15,18-19,21H,4-5,16-17,20H2,1-3H3. The van der Waals surface area contributed by atoms with Crippen molar-refractivity contribution in [2.75, 3.05) is 7.11 Å². The molecule has 0 saturated heterocycles. The Morgan fingerprint density at radius 1 is 0.950 bits per heavy atom. The molecule has 3 aromatic carbocycles. The fourth-order valence-electron chi connectivity index (χ4n) is 5.24. The lowest BCUT2D eigenvalue weighted by molar-refractivity contribution is -0.566.